The molecule has 3 aromatic rings. The molecule has 0 aliphatic carbocycles. The Morgan fingerprint density at radius 2 is 1.89 bits per heavy atom. The highest BCUT2D eigenvalue weighted by Crippen LogP contribution is 2.33. The molecule has 0 saturated carbocycles. The molecule has 1 aromatic heterocycles. The fraction of sp³-hybridized carbons (Fsp3) is 0.190. The number of aromatic carboxylic acids is 1. The predicted octanol–water partition coefficient (Wildman–Crippen LogP) is 4.31. The highest BCUT2D eigenvalue weighted by atomic mass is 16.4. The molecule has 6 nitrogen and oxygen atoms in total. The average Bonchev–Trinajstić information content (AvgIpc) is 2.67. The minimum absolute atomic E-state index is 0.207. The summed E-state index contributed by atoms with van der Waals surface area (Å²) in [6, 6.07) is 17.0. The van der Waals surface area contributed by atoms with Gasteiger partial charge < -0.3 is 15.3 Å². The van der Waals surface area contributed by atoms with Gasteiger partial charge in [0.1, 0.15) is 17.5 Å². The second-order valence-electron chi connectivity index (χ2n) is 6.52. The average molecular weight is 360 g/mol. The van der Waals surface area contributed by atoms with Gasteiger partial charge in [-0.2, -0.15) is 0 Å². The molecule has 1 aliphatic heterocycles. The normalized spacial score (nSPS) is 13.1. The quantitative estimate of drug-likeness (QED) is 0.722. The lowest BCUT2D eigenvalue weighted by Gasteiger charge is -2.30. The van der Waals surface area contributed by atoms with Crippen molar-refractivity contribution in [3.63, 3.8) is 0 Å². The van der Waals surface area contributed by atoms with Crippen molar-refractivity contribution in [2.75, 3.05) is 16.8 Å². The zero-order chi connectivity index (χ0) is 18.8. The molecule has 0 atom stereocenters. The van der Waals surface area contributed by atoms with E-state index in [1.807, 2.05) is 19.1 Å². The molecular formula is C21H20N4O2. The van der Waals surface area contributed by atoms with E-state index < -0.39 is 5.97 Å². The van der Waals surface area contributed by atoms with Crippen molar-refractivity contribution in [2.24, 2.45) is 0 Å². The van der Waals surface area contributed by atoms with E-state index in [9.17, 15) is 9.90 Å². The number of rotatable bonds is 4. The van der Waals surface area contributed by atoms with Crippen LogP contribution in [-0.4, -0.2) is 27.6 Å². The maximum Gasteiger partial charge on any atom is 0.337 e. The van der Waals surface area contributed by atoms with Gasteiger partial charge in [0, 0.05) is 18.3 Å². The molecule has 27 heavy (non-hydrogen) atoms. The molecule has 1 aliphatic rings. The van der Waals surface area contributed by atoms with Crippen molar-refractivity contribution < 1.29 is 9.90 Å². The van der Waals surface area contributed by atoms with Gasteiger partial charge in [-0.3, -0.25) is 0 Å². The first-order valence-electron chi connectivity index (χ1n) is 8.92. The van der Waals surface area contributed by atoms with Crippen molar-refractivity contribution in [3.8, 4) is 0 Å². The first-order valence-corrected chi connectivity index (χ1v) is 8.92. The van der Waals surface area contributed by atoms with Gasteiger partial charge >= 0.3 is 5.97 Å². The highest BCUT2D eigenvalue weighted by Gasteiger charge is 2.20. The molecule has 0 amide bonds. The molecule has 0 saturated heterocycles. The van der Waals surface area contributed by atoms with Gasteiger partial charge in [-0.25, -0.2) is 14.8 Å². The molecule has 2 aromatic carbocycles. The third-order valence-corrected chi connectivity index (χ3v) is 4.63. The van der Waals surface area contributed by atoms with E-state index in [2.05, 4.69) is 38.4 Å². The van der Waals surface area contributed by atoms with Crippen LogP contribution in [0.1, 0.15) is 28.2 Å². The Balaban J connectivity index is 1.71. The van der Waals surface area contributed by atoms with Crippen molar-refractivity contribution in [2.45, 2.75) is 19.8 Å². The number of nitrogens with one attached hydrogen (secondary N) is 1. The van der Waals surface area contributed by atoms with Gasteiger partial charge in [-0.05, 0) is 43.5 Å². The summed E-state index contributed by atoms with van der Waals surface area (Å²) in [5.41, 5.74) is 3.19. The Morgan fingerprint density at radius 1 is 1.11 bits per heavy atom. The first-order chi connectivity index (χ1) is 13.1. The molecule has 0 spiro atoms. The number of aryl methyl sites for hydroxylation is 2. The number of nitrogens with zero attached hydrogens (tertiary/aromatic N) is 3. The third-order valence-electron chi connectivity index (χ3n) is 4.63. The van der Waals surface area contributed by atoms with E-state index in [1.165, 1.54) is 11.3 Å². The van der Waals surface area contributed by atoms with Crippen LogP contribution in [-0.2, 0) is 6.42 Å². The van der Waals surface area contributed by atoms with Gasteiger partial charge in [0.15, 0.2) is 0 Å². The van der Waals surface area contributed by atoms with Crippen molar-refractivity contribution in [1.82, 2.24) is 9.97 Å². The van der Waals surface area contributed by atoms with Crippen LogP contribution < -0.4 is 10.2 Å². The standard InChI is InChI=1S/C21H20N4O2/c1-14-22-19(24-17-10-4-3-9-16(17)21(26)27)13-20(23-14)25-12-6-8-15-7-2-5-11-18(15)25/h2-5,7,9-11,13H,6,8,12H2,1H3,(H,26,27)(H,22,23,24). The largest absolute Gasteiger partial charge is 0.478 e. The maximum atomic E-state index is 11.4. The van der Waals surface area contributed by atoms with Crippen molar-refractivity contribution in [1.29, 1.82) is 0 Å². The number of carbonyl (C=O) groups is 1. The third kappa shape index (κ3) is 3.46. The minimum Gasteiger partial charge on any atom is -0.478 e. The zero-order valence-electron chi connectivity index (χ0n) is 15.0. The Morgan fingerprint density at radius 3 is 2.74 bits per heavy atom. The van der Waals surface area contributed by atoms with Gasteiger partial charge in [0.2, 0.25) is 0 Å². The molecule has 6 heteroatoms. The monoisotopic (exact) mass is 360 g/mol. The maximum absolute atomic E-state index is 11.4. The first kappa shape index (κ1) is 17.0. The van der Waals surface area contributed by atoms with Crippen LogP contribution in [0.4, 0.5) is 23.0 Å². The van der Waals surface area contributed by atoms with Crippen LogP contribution in [0.5, 0.6) is 0 Å². The minimum atomic E-state index is -0.978. The van der Waals surface area contributed by atoms with E-state index >= 15 is 0 Å². The fourth-order valence-corrected chi connectivity index (χ4v) is 3.44. The number of para-hydroxylation sites is 2. The van der Waals surface area contributed by atoms with Crippen molar-refractivity contribution >= 4 is 29.0 Å². The van der Waals surface area contributed by atoms with Gasteiger partial charge in [-0.1, -0.05) is 30.3 Å². The van der Waals surface area contributed by atoms with Gasteiger partial charge in [0.05, 0.1) is 11.3 Å². The van der Waals surface area contributed by atoms with E-state index in [1.54, 1.807) is 24.3 Å². The number of carboxylic acid groups (broad SMARTS) is 1. The Bertz CT molecular complexity index is 1000. The van der Waals surface area contributed by atoms with Crippen LogP contribution in [0.3, 0.4) is 0 Å². The summed E-state index contributed by atoms with van der Waals surface area (Å²) in [7, 11) is 0. The van der Waals surface area contributed by atoms with E-state index in [0.717, 1.165) is 25.2 Å². The summed E-state index contributed by atoms with van der Waals surface area (Å²) in [6.07, 6.45) is 2.12. The van der Waals surface area contributed by atoms with Crippen molar-refractivity contribution in [3.05, 3.63) is 71.5 Å². The van der Waals surface area contributed by atoms with E-state index in [0.29, 0.717) is 17.3 Å². The summed E-state index contributed by atoms with van der Waals surface area (Å²) < 4.78 is 0. The molecule has 0 radical (unpaired) electrons. The summed E-state index contributed by atoms with van der Waals surface area (Å²) in [4.78, 5) is 22.7. The van der Waals surface area contributed by atoms with Crippen LogP contribution >= 0.6 is 0 Å². The van der Waals surface area contributed by atoms with E-state index in [4.69, 9.17) is 0 Å². The zero-order valence-corrected chi connectivity index (χ0v) is 15.0. The predicted molar refractivity (Wildman–Crippen MR) is 105 cm³/mol. The SMILES string of the molecule is Cc1nc(Nc2ccccc2C(=O)O)cc(N2CCCc3ccccc32)n1. The smallest absolute Gasteiger partial charge is 0.337 e. The number of hydrogen-bond donors (Lipinski definition) is 2. The summed E-state index contributed by atoms with van der Waals surface area (Å²) in [6.45, 7) is 2.73. The van der Waals surface area contributed by atoms with Crippen LogP contribution in [0.2, 0.25) is 0 Å². The molecule has 2 N–H and O–H groups in total. The molecule has 2 heterocycles. The van der Waals surface area contributed by atoms with E-state index in [-0.39, 0.29) is 5.56 Å². The lowest BCUT2D eigenvalue weighted by molar-refractivity contribution is 0.0698. The Labute approximate surface area is 157 Å². The topological polar surface area (TPSA) is 78.3 Å². The van der Waals surface area contributed by atoms with Gasteiger partial charge in [-0.15, -0.1) is 0 Å². The lowest BCUT2D eigenvalue weighted by atomic mass is 10.0. The molecule has 0 fully saturated rings. The summed E-state index contributed by atoms with van der Waals surface area (Å²) >= 11 is 0. The Kier molecular flexibility index (Phi) is 4.46. The number of hydrogen-bond acceptors (Lipinski definition) is 5. The molecule has 136 valence electrons. The van der Waals surface area contributed by atoms with Crippen LogP contribution in [0.25, 0.3) is 0 Å². The van der Waals surface area contributed by atoms with Gasteiger partial charge in [0.25, 0.3) is 0 Å². The Hall–Kier alpha value is -3.41. The fourth-order valence-electron chi connectivity index (χ4n) is 3.44. The second kappa shape index (κ2) is 7.07. The molecule has 0 bridgehead atoms. The second-order valence-corrected chi connectivity index (χ2v) is 6.52. The number of fused-ring (bicyclic) bond motifs is 1. The molecule has 0 unspecified atom stereocenters. The number of carboxylic acids is 1. The van der Waals surface area contributed by atoms with Crippen LogP contribution in [0, 0.1) is 6.92 Å². The number of anilines is 4. The summed E-state index contributed by atoms with van der Waals surface area (Å²) in [5.74, 6) is 1.04. The van der Waals surface area contributed by atoms with Crippen LogP contribution in [0.15, 0.2) is 54.6 Å². The molecular weight excluding hydrogens is 340 g/mol. The lowest BCUT2D eigenvalue weighted by Crippen LogP contribution is -2.25. The molecule has 4 rings (SSSR count). The highest BCUT2D eigenvalue weighted by molar-refractivity contribution is 5.95. The number of benzene rings is 2. The number of aromatic nitrogens is 2. The summed E-state index contributed by atoms with van der Waals surface area (Å²) in [5, 5.41) is 12.5.